The summed E-state index contributed by atoms with van der Waals surface area (Å²) in [6.07, 6.45) is -4.73. The third-order valence-corrected chi connectivity index (χ3v) is 9.66. The zero-order valence-corrected chi connectivity index (χ0v) is 27.7. The molecule has 2 amide bonds. The summed E-state index contributed by atoms with van der Waals surface area (Å²) in [4.78, 5) is 28.9. The number of likely N-dealkylation sites (N-methyl/N-ethyl adjacent to an activating group) is 1. The molecule has 4 rings (SSSR count). The topological polar surface area (TPSA) is 86.8 Å². The van der Waals surface area contributed by atoms with E-state index in [2.05, 4.69) is 21.2 Å². The average Bonchev–Trinajstić information content (AvgIpc) is 3.03. The molecule has 0 aliphatic rings. The van der Waals surface area contributed by atoms with Crippen LogP contribution in [0.3, 0.4) is 0 Å². The Hall–Kier alpha value is -3.87. The molecule has 46 heavy (non-hydrogen) atoms. The molecule has 0 radical (unpaired) electrons. The summed E-state index contributed by atoms with van der Waals surface area (Å²) >= 11 is 9.71. The minimum absolute atomic E-state index is 0.0880. The third-order valence-electron chi connectivity index (χ3n) is 7.04. The first-order valence-corrected chi connectivity index (χ1v) is 16.7. The molecule has 13 heteroatoms. The van der Waals surface area contributed by atoms with Crippen LogP contribution >= 0.6 is 27.5 Å². The number of nitrogens with zero attached hydrogens (tertiary/aromatic N) is 2. The molecule has 0 fully saturated rings. The first kappa shape index (κ1) is 35.0. The molecule has 1 N–H and O–H groups in total. The molecule has 0 saturated heterocycles. The van der Waals surface area contributed by atoms with E-state index in [1.165, 1.54) is 29.2 Å². The number of nitrogens with one attached hydrogen (secondary N) is 1. The minimum Gasteiger partial charge on any atom is -0.355 e. The van der Waals surface area contributed by atoms with E-state index >= 15 is 0 Å². The minimum atomic E-state index is -4.82. The fraction of sp³-hybridized carbons (Fsp3) is 0.212. The van der Waals surface area contributed by atoms with Gasteiger partial charge in [0.2, 0.25) is 11.8 Å². The number of hydrogen-bond acceptors (Lipinski definition) is 4. The monoisotopic (exact) mass is 735 g/mol. The number of rotatable bonds is 12. The predicted molar refractivity (Wildman–Crippen MR) is 175 cm³/mol. The SMILES string of the molecule is CCNC(=O)[C@@H](Cc1ccccc1)N(Cc1ccc(Br)cc1)C(=O)CN(c1cc(C(F)(F)F)ccc1Cl)S(=O)(=O)c1ccccc1. The van der Waals surface area contributed by atoms with Gasteiger partial charge in [-0.25, -0.2) is 8.42 Å². The summed E-state index contributed by atoms with van der Waals surface area (Å²) in [5.41, 5.74) is -0.311. The van der Waals surface area contributed by atoms with Crippen LogP contribution in [0.1, 0.15) is 23.6 Å². The van der Waals surface area contributed by atoms with Gasteiger partial charge in [0, 0.05) is 24.0 Å². The highest BCUT2D eigenvalue weighted by Gasteiger charge is 2.37. The number of alkyl halides is 3. The van der Waals surface area contributed by atoms with Crippen LogP contribution in [0.2, 0.25) is 5.02 Å². The molecule has 0 spiro atoms. The van der Waals surface area contributed by atoms with Crippen LogP contribution in [0.25, 0.3) is 0 Å². The number of benzene rings is 4. The Labute approximate surface area is 279 Å². The smallest absolute Gasteiger partial charge is 0.355 e. The summed E-state index contributed by atoms with van der Waals surface area (Å²) in [7, 11) is -4.63. The summed E-state index contributed by atoms with van der Waals surface area (Å²) in [6.45, 7) is 0.941. The fourth-order valence-electron chi connectivity index (χ4n) is 4.75. The standard InChI is InChI=1S/C33H30BrClF3N3O4S/c1-2-39-32(43)30(19-23-9-5-3-6-10-23)40(21-24-13-16-26(34)17-14-24)31(42)22-41(46(44,45)27-11-7-4-8-12-27)29-20-25(33(36,37)38)15-18-28(29)35/h3-18,20,30H,2,19,21-22H2,1H3,(H,39,43)/t30-/m1/s1. The van der Waals surface area contributed by atoms with Crippen LogP contribution < -0.4 is 9.62 Å². The van der Waals surface area contributed by atoms with E-state index in [1.807, 2.05) is 0 Å². The third kappa shape index (κ3) is 8.68. The van der Waals surface area contributed by atoms with Crippen molar-refractivity contribution >= 4 is 55.1 Å². The maximum absolute atomic E-state index is 14.4. The Morgan fingerprint density at radius 3 is 2.09 bits per heavy atom. The zero-order valence-electron chi connectivity index (χ0n) is 24.5. The lowest BCUT2D eigenvalue weighted by Gasteiger charge is -2.34. The van der Waals surface area contributed by atoms with E-state index in [1.54, 1.807) is 67.6 Å². The van der Waals surface area contributed by atoms with Crippen molar-refractivity contribution in [3.63, 3.8) is 0 Å². The maximum Gasteiger partial charge on any atom is 0.416 e. The number of halogens is 5. The van der Waals surface area contributed by atoms with E-state index in [4.69, 9.17) is 11.6 Å². The van der Waals surface area contributed by atoms with Gasteiger partial charge in [0.05, 0.1) is 21.2 Å². The summed E-state index contributed by atoms with van der Waals surface area (Å²) < 4.78 is 70.7. The van der Waals surface area contributed by atoms with Gasteiger partial charge < -0.3 is 10.2 Å². The van der Waals surface area contributed by atoms with Gasteiger partial charge in [0.15, 0.2) is 0 Å². The molecule has 1 atom stereocenters. The first-order chi connectivity index (χ1) is 21.8. The van der Waals surface area contributed by atoms with Crippen molar-refractivity contribution in [3.8, 4) is 0 Å². The van der Waals surface area contributed by atoms with Crippen LogP contribution in [0.4, 0.5) is 18.9 Å². The molecule has 4 aromatic carbocycles. The Morgan fingerprint density at radius 2 is 1.50 bits per heavy atom. The molecule has 0 aliphatic heterocycles. The first-order valence-electron chi connectivity index (χ1n) is 14.1. The van der Waals surface area contributed by atoms with Crippen molar-refractivity contribution in [3.05, 3.63) is 129 Å². The second-order valence-corrected chi connectivity index (χ2v) is 13.4. The highest BCUT2D eigenvalue weighted by atomic mass is 79.9. The molecular weight excluding hydrogens is 707 g/mol. The highest BCUT2D eigenvalue weighted by molar-refractivity contribution is 9.10. The molecule has 4 aromatic rings. The van der Waals surface area contributed by atoms with E-state index < -0.39 is 51.9 Å². The highest BCUT2D eigenvalue weighted by Crippen LogP contribution is 2.37. The van der Waals surface area contributed by atoms with Gasteiger partial charge >= 0.3 is 6.18 Å². The van der Waals surface area contributed by atoms with Crippen molar-refractivity contribution in [2.24, 2.45) is 0 Å². The quantitative estimate of drug-likeness (QED) is 0.168. The van der Waals surface area contributed by atoms with Crippen LogP contribution in [0.15, 0.2) is 112 Å². The van der Waals surface area contributed by atoms with Gasteiger partial charge in [-0.3, -0.25) is 13.9 Å². The van der Waals surface area contributed by atoms with Crippen molar-refractivity contribution < 1.29 is 31.2 Å². The summed E-state index contributed by atoms with van der Waals surface area (Å²) in [6, 6.07) is 24.1. The van der Waals surface area contributed by atoms with Crippen molar-refractivity contribution in [1.82, 2.24) is 10.2 Å². The Bertz CT molecular complexity index is 1760. The van der Waals surface area contributed by atoms with Gasteiger partial charge in [-0.1, -0.05) is 88.2 Å². The van der Waals surface area contributed by atoms with Crippen molar-refractivity contribution in [1.29, 1.82) is 0 Å². The summed E-state index contributed by atoms with van der Waals surface area (Å²) in [5.74, 6) is -1.31. The van der Waals surface area contributed by atoms with Crippen LogP contribution in [0.5, 0.6) is 0 Å². The lowest BCUT2D eigenvalue weighted by Crippen LogP contribution is -2.53. The molecule has 0 saturated carbocycles. The van der Waals surface area contributed by atoms with Crippen LogP contribution in [-0.2, 0) is 38.8 Å². The van der Waals surface area contributed by atoms with E-state index in [9.17, 15) is 31.2 Å². The lowest BCUT2D eigenvalue weighted by molar-refractivity contribution is -0.140. The molecule has 0 bridgehead atoms. The molecule has 0 heterocycles. The van der Waals surface area contributed by atoms with Crippen LogP contribution in [0, 0.1) is 0 Å². The van der Waals surface area contributed by atoms with Gasteiger partial charge in [-0.15, -0.1) is 0 Å². The molecule has 242 valence electrons. The van der Waals surface area contributed by atoms with Crippen molar-refractivity contribution in [2.45, 2.75) is 37.0 Å². The molecule has 0 aliphatic carbocycles. The van der Waals surface area contributed by atoms with Gasteiger partial charge in [0.1, 0.15) is 12.6 Å². The van der Waals surface area contributed by atoms with E-state index in [0.29, 0.717) is 15.9 Å². The second-order valence-electron chi connectivity index (χ2n) is 10.2. The van der Waals surface area contributed by atoms with E-state index in [-0.39, 0.29) is 29.4 Å². The average molecular weight is 737 g/mol. The second kappa shape index (κ2) is 15.1. The molecule has 0 unspecified atom stereocenters. The largest absolute Gasteiger partial charge is 0.416 e. The number of carbonyl (C=O) groups is 2. The van der Waals surface area contributed by atoms with Gasteiger partial charge in [0.25, 0.3) is 10.0 Å². The number of hydrogen-bond donors (Lipinski definition) is 1. The number of sulfonamides is 1. The number of anilines is 1. The van der Waals surface area contributed by atoms with E-state index in [0.717, 1.165) is 22.2 Å². The normalized spacial score (nSPS) is 12.3. The fourth-order valence-corrected chi connectivity index (χ4v) is 6.73. The Kier molecular flexibility index (Phi) is 11.5. The van der Waals surface area contributed by atoms with Gasteiger partial charge in [-0.05, 0) is 60.5 Å². The number of amides is 2. The van der Waals surface area contributed by atoms with Crippen molar-refractivity contribution in [2.75, 3.05) is 17.4 Å². The lowest BCUT2D eigenvalue weighted by atomic mass is 10.0. The Balaban J connectivity index is 1.86. The summed E-state index contributed by atoms with van der Waals surface area (Å²) in [5, 5.41) is 2.44. The Morgan fingerprint density at radius 1 is 0.891 bits per heavy atom. The maximum atomic E-state index is 14.4. The number of carbonyl (C=O) groups excluding carboxylic acids is 2. The predicted octanol–water partition coefficient (Wildman–Crippen LogP) is 7.09. The molecule has 0 aromatic heterocycles. The van der Waals surface area contributed by atoms with Crippen LogP contribution in [-0.4, -0.2) is 44.3 Å². The molecule has 7 nitrogen and oxygen atoms in total. The molecular formula is C33H30BrClF3N3O4S. The zero-order chi connectivity index (χ0) is 33.5. The van der Waals surface area contributed by atoms with Gasteiger partial charge in [-0.2, -0.15) is 13.2 Å².